The van der Waals surface area contributed by atoms with E-state index in [4.69, 9.17) is 9.47 Å². The molecule has 3 heteroatoms. The van der Waals surface area contributed by atoms with Gasteiger partial charge in [0.15, 0.2) is 5.79 Å². The van der Waals surface area contributed by atoms with Gasteiger partial charge in [-0.1, -0.05) is 46.3 Å². The van der Waals surface area contributed by atoms with Crippen LogP contribution in [0.5, 0.6) is 0 Å². The molecule has 5 aliphatic rings. The summed E-state index contributed by atoms with van der Waals surface area (Å²) in [6.07, 6.45) is 15.6. The Bertz CT molecular complexity index is 770. The number of ketones is 1. The molecule has 180 valence electrons. The maximum absolute atomic E-state index is 13.6. The predicted molar refractivity (Wildman–Crippen MR) is 128 cm³/mol. The van der Waals surface area contributed by atoms with Crippen LogP contribution in [-0.4, -0.2) is 23.8 Å². The molecule has 4 aliphatic carbocycles. The Kier molecular flexibility index (Phi) is 5.73. The molecule has 0 spiro atoms. The Labute approximate surface area is 196 Å². The number of ether oxygens (including phenoxy) is 2. The van der Waals surface area contributed by atoms with Gasteiger partial charge in [-0.15, -0.1) is 0 Å². The number of carbonyl (C=O) groups is 1. The van der Waals surface area contributed by atoms with E-state index in [2.05, 4.69) is 39.8 Å². The Hall–Kier alpha value is -0.670. The van der Waals surface area contributed by atoms with Crippen molar-refractivity contribution in [2.45, 2.75) is 117 Å². The first kappa shape index (κ1) is 23.1. The average Bonchev–Trinajstić information content (AvgIpc) is 3.21. The van der Waals surface area contributed by atoms with E-state index in [1.54, 1.807) is 0 Å². The van der Waals surface area contributed by atoms with E-state index < -0.39 is 5.79 Å². The molecule has 0 aromatic rings. The van der Waals surface area contributed by atoms with Crippen LogP contribution in [0.25, 0.3) is 0 Å². The fourth-order valence-corrected chi connectivity index (χ4v) is 9.55. The summed E-state index contributed by atoms with van der Waals surface area (Å²) in [5, 5.41) is 0. The van der Waals surface area contributed by atoms with E-state index in [1.807, 2.05) is 13.8 Å². The smallest absolute Gasteiger partial charge is 0.163 e. The molecular formula is C29H46O3. The van der Waals surface area contributed by atoms with Crippen molar-refractivity contribution < 1.29 is 14.3 Å². The summed E-state index contributed by atoms with van der Waals surface area (Å²) < 4.78 is 12.6. The molecule has 4 unspecified atom stereocenters. The van der Waals surface area contributed by atoms with Gasteiger partial charge >= 0.3 is 0 Å². The fourth-order valence-electron chi connectivity index (χ4n) is 9.55. The standard InChI is InChI=1S/C29H46O3/c1-7-8-9-10-18(2)20-11-12-21-19-15-24(30)23-16-25-26(32-27(3,4)31-25)17-29(23,6)22(19)13-14-28(20,21)5/h9-10,18-23,25-26H,7-8,11-17H2,1-6H3/b10-9+/t18-,19?,20-,21?,22?,23-,25?,26-,28-,29-/m1/s1. The van der Waals surface area contributed by atoms with E-state index >= 15 is 0 Å². The Morgan fingerprint density at radius 2 is 1.75 bits per heavy atom. The van der Waals surface area contributed by atoms with Crippen LogP contribution in [0.1, 0.15) is 99.3 Å². The number of hydrogen-bond donors (Lipinski definition) is 0. The van der Waals surface area contributed by atoms with Crippen LogP contribution in [-0.2, 0) is 14.3 Å². The SMILES string of the molecule is CCC/C=C/[C@@H](C)[C@H]1CCC2C3CC(=O)[C@H]4CC5OC(C)(C)O[C@@H]5C[C@]4(C)C3CC[C@@]21C. The highest BCUT2D eigenvalue weighted by Gasteiger charge is 2.64. The summed E-state index contributed by atoms with van der Waals surface area (Å²) in [5.74, 6) is 3.57. The first-order valence-electron chi connectivity index (χ1n) is 13.6. The molecule has 1 aliphatic heterocycles. The molecule has 10 atom stereocenters. The maximum Gasteiger partial charge on any atom is 0.163 e. The van der Waals surface area contributed by atoms with E-state index in [9.17, 15) is 4.79 Å². The zero-order valence-electron chi connectivity index (χ0n) is 21.4. The van der Waals surface area contributed by atoms with Crippen LogP contribution in [0.2, 0.25) is 0 Å². The van der Waals surface area contributed by atoms with Crippen LogP contribution in [0.15, 0.2) is 12.2 Å². The molecule has 1 heterocycles. The Morgan fingerprint density at radius 3 is 2.50 bits per heavy atom. The summed E-state index contributed by atoms with van der Waals surface area (Å²) in [5.41, 5.74) is 0.476. The van der Waals surface area contributed by atoms with Gasteiger partial charge < -0.3 is 9.47 Å². The van der Waals surface area contributed by atoms with Crippen LogP contribution >= 0.6 is 0 Å². The van der Waals surface area contributed by atoms with Gasteiger partial charge in [0.2, 0.25) is 0 Å². The molecule has 0 amide bonds. The van der Waals surface area contributed by atoms with Crippen molar-refractivity contribution in [3.05, 3.63) is 12.2 Å². The van der Waals surface area contributed by atoms with E-state index in [1.165, 1.54) is 38.5 Å². The van der Waals surface area contributed by atoms with Gasteiger partial charge in [0.1, 0.15) is 5.78 Å². The molecule has 32 heavy (non-hydrogen) atoms. The number of carbonyl (C=O) groups excluding carboxylic acids is 1. The van der Waals surface area contributed by atoms with Gasteiger partial charge in [-0.05, 0) is 99.2 Å². The van der Waals surface area contributed by atoms with Gasteiger partial charge in [0, 0.05) is 12.3 Å². The molecule has 3 nitrogen and oxygen atoms in total. The Balaban J connectivity index is 1.38. The molecule has 0 aromatic carbocycles. The zero-order chi connectivity index (χ0) is 22.9. The Morgan fingerprint density at radius 1 is 1.03 bits per heavy atom. The van der Waals surface area contributed by atoms with E-state index in [0.717, 1.165) is 25.2 Å². The van der Waals surface area contributed by atoms with Crippen LogP contribution in [0, 0.1) is 46.3 Å². The highest BCUT2D eigenvalue weighted by molar-refractivity contribution is 5.83. The van der Waals surface area contributed by atoms with Gasteiger partial charge in [-0.25, -0.2) is 0 Å². The topological polar surface area (TPSA) is 35.5 Å². The van der Waals surface area contributed by atoms with E-state index in [-0.39, 0.29) is 23.5 Å². The first-order chi connectivity index (χ1) is 15.1. The summed E-state index contributed by atoms with van der Waals surface area (Å²) in [6.45, 7) is 13.8. The molecule has 0 aromatic heterocycles. The summed E-state index contributed by atoms with van der Waals surface area (Å²) in [6, 6.07) is 0. The lowest BCUT2D eigenvalue weighted by molar-refractivity contribution is -0.163. The van der Waals surface area contributed by atoms with Crippen molar-refractivity contribution in [1.82, 2.24) is 0 Å². The van der Waals surface area contributed by atoms with Gasteiger partial charge in [0.05, 0.1) is 12.2 Å². The minimum absolute atomic E-state index is 0.0804. The number of unbranched alkanes of at least 4 members (excludes halogenated alkanes) is 1. The predicted octanol–water partition coefficient (Wildman–Crippen LogP) is 6.95. The number of Topliss-reactive ketones (excluding diaryl/α,β-unsaturated/α-hetero) is 1. The third kappa shape index (κ3) is 3.47. The highest BCUT2D eigenvalue weighted by atomic mass is 16.7. The normalized spacial score (nSPS) is 50.6. The highest BCUT2D eigenvalue weighted by Crippen LogP contribution is 2.68. The van der Waals surface area contributed by atoms with Crippen molar-refractivity contribution in [1.29, 1.82) is 0 Å². The summed E-state index contributed by atoms with van der Waals surface area (Å²) in [4.78, 5) is 13.6. The number of rotatable bonds is 4. The van der Waals surface area contributed by atoms with Crippen molar-refractivity contribution in [3.8, 4) is 0 Å². The number of fused-ring (bicyclic) bond motifs is 6. The van der Waals surface area contributed by atoms with Crippen molar-refractivity contribution in [2.75, 3.05) is 0 Å². The van der Waals surface area contributed by atoms with Gasteiger partial charge in [0.25, 0.3) is 0 Å². The second-order valence-corrected chi connectivity index (χ2v) is 13.1. The van der Waals surface area contributed by atoms with Gasteiger partial charge in [-0.2, -0.15) is 0 Å². The maximum atomic E-state index is 13.6. The van der Waals surface area contributed by atoms with E-state index in [0.29, 0.717) is 34.9 Å². The number of hydrogen-bond acceptors (Lipinski definition) is 3. The van der Waals surface area contributed by atoms with Crippen LogP contribution in [0.4, 0.5) is 0 Å². The molecule has 4 saturated carbocycles. The summed E-state index contributed by atoms with van der Waals surface area (Å²) >= 11 is 0. The van der Waals surface area contributed by atoms with Crippen LogP contribution < -0.4 is 0 Å². The molecule has 0 radical (unpaired) electrons. The molecule has 5 fully saturated rings. The molecule has 1 saturated heterocycles. The van der Waals surface area contributed by atoms with Gasteiger partial charge in [-0.3, -0.25) is 4.79 Å². The third-order valence-electron chi connectivity index (χ3n) is 10.9. The lowest BCUT2D eigenvalue weighted by Gasteiger charge is -2.60. The minimum Gasteiger partial charge on any atom is -0.345 e. The van der Waals surface area contributed by atoms with Crippen molar-refractivity contribution >= 4 is 5.78 Å². The lowest BCUT2D eigenvalue weighted by Crippen LogP contribution is -2.59. The second kappa shape index (κ2) is 7.94. The largest absolute Gasteiger partial charge is 0.345 e. The second-order valence-electron chi connectivity index (χ2n) is 13.1. The monoisotopic (exact) mass is 442 g/mol. The zero-order valence-corrected chi connectivity index (χ0v) is 21.4. The third-order valence-corrected chi connectivity index (χ3v) is 10.9. The fraction of sp³-hybridized carbons (Fsp3) is 0.897. The quantitative estimate of drug-likeness (QED) is 0.442. The number of allylic oxidation sites excluding steroid dienone is 2. The first-order valence-corrected chi connectivity index (χ1v) is 13.6. The molecule has 5 rings (SSSR count). The summed E-state index contributed by atoms with van der Waals surface area (Å²) in [7, 11) is 0. The average molecular weight is 443 g/mol. The lowest BCUT2D eigenvalue weighted by atomic mass is 9.44. The molecule has 0 N–H and O–H groups in total. The molecule has 0 bridgehead atoms. The minimum atomic E-state index is -0.507. The molecular weight excluding hydrogens is 396 g/mol. The van der Waals surface area contributed by atoms with Crippen molar-refractivity contribution in [3.63, 3.8) is 0 Å². The van der Waals surface area contributed by atoms with Crippen LogP contribution in [0.3, 0.4) is 0 Å². The van der Waals surface area contributed by atoms with Crippen molar-refractivity contribution in [2.24, 2.45) is 46.3 Å².